The Labute approximate surface area is 140 Å². The second-order valence-electron chi connectivity index (χ2n) is 5.28. The van der Waals surface area contributed by atoms with Crippen molar-refractivity contribution in [3.8, 4) is 0 Å². The summed E-state index contributed by atoms with van der Waals surface area (Å²) in [6.45, 7) is 0. The number of alkyl halides is 2. The lowest BCUT2D eigenvalue weighted by atomic mass is 9.94. The number of carbonyl (C=O) groups excluding carboxylic acids is 2. The zero-order valence-corrected chi connectivity index (χ0v) is 14.7. The topological polar surface area (TPSA) is 74.2 Å². The zero-order chi connectivity index (χ0) is 16.9. The number of nitrogens with zero attached hydrogens (tertiary/aromatic N) is 3. The van der Waals surface area contributed by atoms with E-state index in [2.05, 4.69) is 15.0 Å². The minimum absolute atomic E-state index is 0.161. The highest BCUT2D eigenvalue weighted by Crippen LogP contribution is 2.27. The van der Waals surface area contributed by atoms with Crippen LogP contribution in [0.25, 0.3) is 0 Å². The normalized spacial score (nSPS) is 25.4. The van der Waals surface area contributed by atoms with Gasteiger partial charge in [0, 0.05) is 27.2 Å². The first kappa shape index (κ1) is 18.8. The van der Waals surface area contributed by atoms with Crippen molar-refractivity contribution < 1.29 is 14.3 Å². The van der Waals surface area contributed by atoms with E-state index in [0.29, 0.717) is 0 Å². The molecule has 0 spiro atoms. The molecule has 7 nitrogen and oxygen atoms in total. The van der Waals surface area contributed by atoms with Gasteiger partial charge in [0.15, 0.2) is 0 Å². The van der Waals surface area contributed by atoms with Gasteiger partial charge in [-0.15, -0.1) is 28.2 Å². The molecule has 0 aromatic heterocycles. The van der Waals surface area contributed by atoms with E-state index in [1.54, 1.807) is 19.0 Å². The highest BCUT2D eigenvalue weighted by molar-refractivity contribution is 6.30. The molecule has 0 bridgehead atoms. The van der Waals surface area contributed by atoms with E-state index in [1.807, 2.05) is 0 Å². The Morgan fingerprint density at radius 1 is 1.23 bits per heavy atom. The number of guanidine groups is 1. The second-order valence-corrected chi connectivity index (χ2v) is 6.35. The quantitative estimate of drug-likeness (QED) is 0.445. The highest BCUT2D eigenvalue weighted by atomic mass is 35.5. The Bertz CT molecular complexity index is 445. The SMILES string of the molecule is COC(=O)/N=C(/N(C)C)N(C)C(=O)NC1CCCC(Cl)C1Cl. The van der Waals surface area contributed by atoms with Crippen LogP contribution >= 0.6 is 23.2 Å². The number of amides is 3. The standard InChI is InChI=1S/C13H22Cl2N4O3/c1-18(2)11(17-13(21)22-4)19(3)12(20)16-9-7-5-6-8(14)10(9)15/h8-10H,5-7H2,1-4H3,(H,16,20)/b17-11-. The summed E-state index contributed by atoms with van der Waals surface area (Å²) in [7, 11) is 6.08. The molecule has 3 unspecified atom stereocenters. The van der Waals surface area contributed by atoms with Crippen LogP contribution in [0.5, 0.6) is 0 Å². The van der Waals surface area contributed by atoms with Gasteiger partial charge >= 0.3 is 12.1 Å². The van der Waals surface area contributed by atoms with Gasteiger partial charge in [0.1, 0.15) is 0 Å². The molecule has 1 aliphatic carbocycles. The number of carbonyl (C=O) groups is 2. The van der Waals surface area contributed by atoms with E-state index in [4.69, 9.17) is 23.2 Å². The fourth-order valence-electron chi connectivity index (χ4n) is 2.20. The number of aliphatic imine (C=N–C) groups is 1. The second kappa shape index (κ2) is 8.43. The maximum absolute atomic E-state index is 12.3. The molecule has 126 valence electrons. The minimum Gasteiger partial charge on any atom is -0.451 e. The Balaban J connectivity index is 2.77. The van der Waals surface area contributed by atoms with E-state index in [9.17, 15) is 9.59 Å². The van der Waals surface area contributed by atoms with E-state index < -0.39 is 12.1 Å². The van der Waals surface area contributed by atoms with Crippen molar-refractivity contribution in [2.45, 2.75) is 36.1 Å². The van der Waals surface area contributed by atoms with Crippen LogP contribution < -0.4 is 5.32 Å². The lowest BCUT2D eigenvalue weighted by Gasteiger charge is -2.33. The van der Waals surface area contributed by atoms with Gasteiger partial charge in [-0.25, -0.2) is 9.59 Å². The van der Waals surface area contributed by atoms with Crippen molar-refractivity contribution in [2.24, 2.45) is 4.99 Å². The molecule has 1 saturated carbocycles. The number of hydrogen-bond donors (Lipinski definition) is 1. The van der Waals surface area contributed by atoms with Gasteiger partial charge in [0.05, 0.1) is 17.9 Å². The molecule has 1 fully saturated rings. The molecule has 9 heteroatoms. The molecule has 1 N–H and O–H groups in total. The molecule has 0 saturated heterocycles. The average Bonchev–Trinajstić information content (AvgIpc) is 2.48. The van der Waals surface area contributed by atoms with Crippen molar-refractivity contribution in [1.29, 1.82) is 0 Å². The van der Waals surface area contributed by atoms with Gasteiger partial charge < -0.3 is 15.0 Å². The molecule has 22 heavy (non-hydrogen) atoms. The molecular formula is C13H22Cl2N4O3. The van der Waals surface area contributed by atoms with Gasteiger partial charge in [0.2, 0.25) is 5.96 Å². The van der Waals surface area contributed by atoms with Crippen LogP contribution in [0.4, 0.5) is 9.59 Å². The Hall–Kier alpha value is -1.21. The van der Waals surface area contributed by atoms with Gasteiger partial charge in [-0.1, -0.05) is 0 Å². The van der Waals surface area contributed by atoms with Crippen LogP contribution in [0.2, 0.25) is 0 Å². The highest BCUT2D eigenvalue weighted by Gasteiger charge is 2.32. The fraction of sp³-hybridized carbons (Fsp3) is 0.769. The average molecular weight is 353 g/mol. The van der Waals surface area contributed by atoms with Crippen LogP contribution in [0, 0.1) is 0 Å². The van der Waals surface area contributed by atoms with Gasteiger partial charge in [-0.2, -0.15) is 0 Å². The number of urea groups is 1. The summed E-state index contributed by atoms with van der Waals surface area (Å²) in [5, 5.41) is 2.35. The molecule has 0 radical (unpaired) electrons. The van der Waals surface area contributed by atoms with Gasteiger partial charge in [-0.3, -0.25) is 4.90 Å². The summed E-state index contributed by atoms with van der Waals surface area (Å²) in [5.41, 5.74) is 0. The number of rotatable bonds is 1. The first-order chi connectivity index (χ1) is 10.3. The van der Waals surface area contributed by atoms with Crippen molar-refractivity contribution in [1.82, 2.24) is 15.1 Å². The first-order valence-corrected chi connectivity index (χ1v) is 7.81. The van der Waals surface area contributed by atoms with Crippen molar-refractivity contribution in [3.63, 3.8) is 0 Å². The first-order valence-electron chi connectivity index (χ1n) is 6.94. The predicted molar refractivity (Wildman–Crippen MR) is 86.7 cm³/mol. The Kier molecular flexibility index (Phi) is 7.22. The van der Waals surface area contributed by atoms with Crippen LogP contribution in [-0.4, -0.2) is 72.9 Å². The van der Waals surface area contributed by atoms with Gasteiger partial charge in [0.25, 0.3) is 0 Å². The molecule has 1 rings (SSSR count). The molecular weight excluding hydrogens is 331 g/mol. The molecule has 0 heterocycles. The van der Waals surface area contributed by atoms with Gasteiger partial charge in [-0.05, 0) is 19.3 Å². The summed E-state index contributed by atoms with van der Waals surface area (Å²) in [6.07, 6.45) is 1.73. The van der Waals surface area contributed by atoms with Crippen molar-refractivity contribution in [3.05, 3.63) is 0 Å². The number of nitrogens with one attached hydrogen (secondary N) is 1. The lowest BCUT2D eigenvalue weighted by Crippen LogP contribution is -2.53. The minimum atomic E-state index is -0.781. The molecule has 1 aliphatic rings. The summed E-state index contributed by atoms with van der Waals surface area (Å²) in [4.78, 5) is 30.1. The maximum atomic E-state index is 12.3. The monoisotopic (exact) mass is 352 g/mol. The largest absolute Gasteiger partial charge is 0.451 e. The maximum Gasteiger partial charge on any atom is 0.436 e. The number of hydrogen-bond acceptors (Lipinski definition) is 3. The number of ether oxygens (including phenoxy) is 1. The predicted octanol–water partition coefficient (Wildman–Crippen LogP) is 2.08. The smallest absolute Gasteiger partial charge is 0.436 e. The fourth-order valence-corrected chi connectivity index (χ4v) is 2.85. The summed E-state index contributed by atoms with van der Waals surface area (Å²) in [6, 6.07) is -0.618. The number of halogens is 2. The molecule has 3 atom stereocenters. The van der Waals surface area contributed by atoms with Crippen molar-refractivity contribution >= 4 is 41.3 Å². The zero-order valence-electron chi connectivity index (χ0n) is 13.2. The van der Waals surface area contributed by atoms with E-state index >= 15 is 0 Å². The molecule has 0 aromatic carbocycles. The summed E-state index contributed by atoms with van der Waals surface area (Å²) in [5.74, 6) is 0.161. The third-order valence-corrected chi connectivity index (χ3v) is 4.63. The lowest BCUT2D eigenvalue weighted by molar-refractivity contribution is 0.181. The molecule has 0 aliphatic heterocycles. The van der Waals surface area contributed by atoms with E-state index in [-0.39, 0.29) is 22.8 Å². The number of methoxy groups -OCH3 is 1. The molecule has 0 aromatic rings. The Morgan fingerprint density at radius 3 is 2.41 bits per heavy atom. The third-order valence-electron chi connectivity index (χ3n) is 3.40. The van der Waals surface area contributed by atoms with Crippen molar-refractivity contribution in [2.75, 3.05) is 28.3 Å². The third kappa shape index (κ3) is 4.91. The van der Waals surface area contributed by atoms with Crippen LogP contribution in [-0.2, 0) is 4.74 Å². The van der Waals surface area contributed by atoms with Crippen LogP contribution in [0.1, 0.15) is 19.3 Å². The Morgan fingerprint density at radius 2 is 1.86 bits per heavy atom. The van der Waals surface area contributed by atoms with Crippen LogP contribution in [0.3, 0.4) is 0 Å². The van der Waals surface area contributed by atoms with E-state index in [0.717, 1.165) is 19.3 Å². The van der Waals surface area contributed by atoms with E-state index in [1.165, 1.54) is 19.1 Å². The van der Waals surface area contributed by atoms with Crippen LogP contribution in [0.15, 0.2) is 4.99 Å². The molecule has 3 amide bonds. The summed E-state index contributed by atoms with van der Waals surface area (Å²) < 4.78 is 4.49. The summed E-state index contributed by atoms with van der Waals surface area (Å²) >= 11 is 12.4.